The smallest absolute Gasteiger partial charge is 0.00696 e. The number of benzene rings is 1. The van der Waals surface area contributed by atoms with Gasteiger partial charge in [-0.3, -0.25) is 0 Å². The topological polar surface area (TPSA) is 0 Å². The van der Waals surface area contributed by atoms with Crippen LogP contribution in [0, 0.1) is 12.8 Å². The molecule has 21 heavy (non-hydrogen) atoms. The minimum atomic E-state index is 0.837. The van der Waals surface area contributed by atoms with Gasteiger partial charge in [0.05, 0.1) is 0 Å². The third kappa shape index (κ3) is 8.09. The second-order valence-corrected chi connectivity index (χ2v) is 6.60. The van der Waals surface area contributed by atoms with Gasteiger partial charge in [-0.25, -0.2) is 0 Å². The van der Waals surface area contributed by atoms with Gasteiger partial charge < -0.3 is 0 Å². The molecular formula is C21H34. The maximum atomic E-state index is 4.33. The van der Waals surface area contributed by atoms with Crippen molar-refractivity contribution in [2.45, 2.75) is 78.6 Å². The highest BCUT2D eigenvalue weighted by atomic mass is 14.1. The van der Waals surface area contributed by atoms with Crippen LogP contribution in [0.5, 0.6) is 0 Å². The number of hydrogen-bond donors (Lipinski definition) is 0. The average Bonchev–Trinajstić information content (AvgIpc) is 2.45. The molecule has 0 fully saturated rings. The highest BCUT2D eigenvalue weighted by molar-refractivity contribution is 5.25. The lowest BCUT2D eigenvalue weighted by Crippen LogP contribution is -2.02. The van der Waals surface area contributed by atoms with E-state index in [4.69, 9.17) is 0 Å². The number of unbranched alkanes of at least 4 members (excludes halogenated alkanes) is 4. The van der Waals surface area contributed by atoms with Crippen molar-refractivity contribution >= 4 is 0 Å². The third-order valence-corrected chi connectivity index (χ3v) is 4.41. The van der Waals surface area contributed by atoms with E-state index < -0.39 is 0 Å². The fourth-order valence-electron chi connectivity index (χ4n) is 3.08. The summed E-state index contributed by atoms with van der Waals surface area (Å²) in [5, 5.41) is 0. The number of allylic oxidation sites excluding steroid dienone is 1. The Morgan fingerprint density at radius 1 is 1.10 bits per heavy atom. The molecule has 0 amide bonds. The van der Waals surface area contributed by atoms with Gasteiger partial charge in [0, 0.05) is 0 Å². The van der Waals surface area contributed by atoms with E-state index in [1.54, 1.807) is 0 Å². The summed E-state index contributed by atoms with van der Waals surface area (Å²) in [4.78, 5) is 0. The first kappa shape index (κ1) is 18.0. The van der Waals surface area contributed by atoms with Gasteiger partial charge in [0.2, 0.25) is 0 Å². The molecule has 0 aliphatic carbocycles. The molecule has 0 saturated carbocycles. The molecule has 0 bridgehead atoms. The maximum absolute atomic E-state index is 4.33. The average molecular weight is 287 g/mol. The molecule has 0 heterocycles. The molecule has 0 heteroatoms. The Balaban J connectivity index is 2.30. The molecule has 1 atom stereocenters. The number of aryl methyl sites for hydroxylation is 1. The van der Waals surface area contributed by atoms with Crippen LogP contribution in [-0.4, -0.2) is 0 Å². The largest absolute Gasteiger partial charge is 0.0995 e. The Labute approximate surface area is 132 Å². The normalized spacial score (nSPS) is 12.3. The third-order valence-electron chi connectivity index (χ3n) is 4.41. The lowest BCUT2D eigenvalue weighted by Gasteiger charge is -2.16. The summed E-state index contributed by atoms with van der Waals surface area (Å²) in [5.41, 5.74) is 4.17. The Morgan fingerprint density at radius 2 is 1.86 bits per heavy atom. The van der Waals surface area contributed by atoms with Crippen molar-refractivity contribution in [2.75, 3.05) is 0 Å². The van der Waals surface area contributed by atoms with Crippen molar-refractivity contribution < 1.29 is 0 Å². The zero-order valence-corrected chi connectivity index (χ0v) is 14.5. The lowest BCUT2D eigenvalue weighted by molar-refractivity contribution is 0.434. The van der Waals surface area contributed by atoms with Gasteiger partial charge in [0.1, 0.15) is 0 Å². The van der Waals surface area contributed by atoms with Crippen LogP contribution in [0.4, 0.5) is 0 Å². The van der Waals surface area contributed by atoms with Crippen LogP contribution >= 0.6 is 0 Å². The van der Waals surface area contributed by atoms with E-state index in [2.05, 4.69) is 51.6 Å². The first-order valence-electron chi connectivity index (χ1n) is 8.87. The summed E-state index contributed by atoms with van der Waals surface area (Å²) < 4.78 is 0. The number of hydrogen-bond acceptors (Lipinski definition) is 0. The molecule has 1 aromatic rings. The molecule has 0 aliphatic heterocycles. The Morgan fingerprint density at radius 3 is 2.52 bits per heavy atom. The SMILES string of the molecule is C=C(Cc1cccc(C)c1)CC(CC)CCCCCCC. The molecule has 1 aromatic carbocycles. The summed E-state index contributed by atoms with van der Waals surface area (Å²) in [6.45, 7) is 11.1. The van der Waals surface area contributed by atoms with Crippen molar-refractivity contribution in [2.24, 2.45) is 5.92 Å². The van der Waals surface area contributed by atoms with Crippen molar-refractivity contribution in [3.05, 3.63) is 47.5 Å². The van der Waals surface area contributed by atoms with E-state index in [9.17, 15) is 0 Å². The van der Waals surface area contributed by atoms with Gasteiger partial charge in [-0.15, -0.1) is 0 Å². The quantitative estimate of drug-likeness (QED) is 0.307. The van der Waals surface area contributed by atoms with Gasteiger partial charge in [-0.05, 0) is 31.2 Å². The summed E-state index contributed by atoms with van der Waals surface area (Å²) >= 11 is 0. The molecule has 118 valence electrons. The maximum Gasteiger partial charge on any atom is -0.00696 e. The van der Waals surface area contributed by atoms with Crippen LogP contribution in [0.25, 0.3) is 0 Å². The van der Waals surface area contributed by atoms with E-state index in [-0.39, 0.29) is 0 Å². The van der Waals surface area contributed by atoms with E-state index >= 15 is 0 Å². The zero-order valence-electron chi connectivity index (χ0n) is 14.5. The molecular weight excluding hydrogens is 252 g/mol. The minimum Gasteiger partial charge on any atom is -0.0995 e. The van der Waals surface area contributed by atoms with Gasteiger partial charge in [0.25, 0.3) is 0 Å². The summed E-state index contributed by atoms with van der Waals surface area (Å²) in [5.74, 6) is 0.837. The van der Waals surface area contributed by atoms with Gasteiger partial charge >= 0.3 is 0 Å². The predicted octanol–water partition coefficient (Wildman–Crippen LogP) is 6.87. The molecule has 0 spiro atoms. The Bertz CT molecular complexity index is 402. The molecule has 1 unspecified atom stereocenters. The second-order valence-electron chi connectivity index (χ2n) is 6.60. The second kappa shape index (κ2) is 10.7. The molecule has 1 rings (SSSR count). The molecule has 0 aromatic heterocycles. The van der Waals surface area contributed by atoms with Crippen LogP contribution in [-0.2, 0) is 6.42 Å². The minimum absolute atomic E-state index is 0.837. The van der Waals surface area contributed by atoms with Crippen LogP contribution in [0.1, 0.15) is 76.3 Å². The van der Waals surface area contributed by atoms with Crippen LogP contribution in [0.2, 0.25) is 0 Å². The Hall–Kier alpha value is -1.04. The molecule has 0 nitrogen and oxygen atoms in total. The first-order chi connectivity index (χ1) is 10.2. The zero-order chi connectivity index (χ0) is 15.5. The standard InChI is InChI=1S/C21H34/c1-5-7-8-9-10-13-20(6-2)16-19(4)17-21-14-11-12-18(3)15-21/h11-12,14-15,20H,4-10,13,16-17H2,1-3H3. The van der Waals surface area contributed by atoms with Crippen molar-refractivity contribution in [1.29, 1.82) is 0 Å². The van der Waals surface area contributed by atoms with Crippen LogP contribution < -0.4 is 0 Å². The van der Waals surface area contributed by atoms with Crippen LogP contribution in [0.15, 0.2) is 36.4 Å². The molecule has 0 aliphatic rings. The van der Waals surface area contributed by atoms with Crippen molar-refractivity contribution in [3.8, 4) is 0 Å². The highest BCUT2D eigenvalue weighted by Gasteiger charge is 2.09. The van der Waals surface area contributed by atoms with Crippen LogP contribution in [0.3, 0.4) is 0 Å². The highest BCUT2D eigenvalue weighted by Crippen LogP contribution is 2.23. The Kier molecular flexibility index (Phi) is 9.14. The van der Waals surface area contributed by atoms with E-state index in [1.807, 2.05) is 0 Å². The van der Waals surface area contributed by atoms with Gasteiger partial charge in [0.15, 0.2) is 0 Å². The molecule has 0 N–H and O–H groups in total. The summed E-state index contributed by atoms with van der Waals surface area (Å²) in [7, 11) is 0. The monoisotopic (exact) mass is 286 g/mol. The van der Waals surface area contributed by atoms with Gasteiger partial charge in [-0.2, -0.15) is 0 Å². The predicted molar refractivity (Wildman–Crippen MR) is 95.8 cm³/mol. The molecule has 0 saturated heterocycles. The summed E-state index contributed by atoms with van der Waals surface area (Å²) in [6, 6.07) is 8.83. The summed E-state index contributed by atoms with van der Waals surface area (Å²) in [6.07, 6.45) is 11.9. The first-order valence-corrected chi connectivity index (χ1v) is 8.87. The van der Waals surface area contributed by atoms with Gasteiger partial charge in [-0.1, -0.05) is 101 Å². The molecule has 0 radical (unpaired) electrons. The number of rotatable bonds is 11. The fraction of sp³-hybridized carbons (Fsp3) is 0.619. The van der Waals surface area contributed by atoms with Crippen molar-refractivity contribution in [3.63, 3.8) is 0 Å². The van der Waals surface area contributed by atoms with Crippen molar-refractivity contribution in [1.82, 2.24) is 0 Å². The van der Waals surface area contributed by atoms with E-state index in [0.29, 0.717) is 0 Å². The van der Waals surface area contributed by atoms with E-state index in [1.165, 1.54) is 68.1 Å². The fourth-order valence-corrected chi connectivity index (χ4v) is 3.08. The van der Waals surface area contributed by atoms with E-state index in [0.717, 1.165) is 12.3 Å². The lowest BCUT2D eigenvalue weighted by atomic mass is 9.89.